The Bertz CT molecular complexity index is 2360. The zero-order valence-corrected chi connectivity index (χ0v) is 40.8. The highest BCUT2D eigenvalue weighted by molar-refractivity contribution is 7.10. The second kappa shape index (κ2) is 20.3. The van der Waals surface area contributed by atoms with E-state index in [-0.39, 0.29) is 37.0 Å². The topological polar surface area (TPSA) is 154 Å². The van der Waals surface area contributed by atoms with Crippen molar-refractivity contribution < 1.29 is 28.7 Å². The third-order valence-electron chi connectivity index (χ3n) is 13.5. The van der Waals surface area contributed by atoms with Crippen LogP contribution in [0.3, 0.4) is 0 Å². The van der Waals surface area contributed by atoms with E-state index in [1.807, 2.05) is 37.1 Å². The first-order chi connectivity index (χ1) is 31.0. The van der Waals surface area contributed by atoms with Crippen molar-refractivity contribution in [3.63, 3.8) is 0 Å². The molecular formula is C49H69N9O6S. The summed E-state index contributed by atoms with van der Waals surface area (Å²) in [5.41, 5.74) is 9.42. The summed E-state index contributed by atoms with van der Waals surface area (Å²) in [7, 11) is 7.51. The molecule has 352 valence electrons. The number of fused-ring (bicyclic) bond motifs is 6. The summed E-state index contributed by atoms with van der Waals surface area (Å²) in [5, 5.41) is 8.26. The zero-order chi connectivity index (χ0) is 46.7. The van der Waals surface area contributed by atoms with Crippen LogP contribution in [0.5, 0.6) is 0 Å². The molecule has 5 atom stereocenters. The van der Waals surface area contributed by atoms with Crippen molar-refractivity contribution >= 4 is 46.1 Å². The minimum atomic E-state index is -1.04. The lowest BCUT2D eigenvalue weighted by Crippen LogP contribution is -2.62. The van der Waals surface area contributed by atoms with Gasteiger partial charge in [-0.2, -0.15) is 0 Å². The minimum absolute atomic E-state index is 0.114. The maximum Gasteiger partial charge on any atom is 0.324 e. The van der Waals surface area contributed by atoms with Gasteiger partial charge in [0.2, 0.25) is 5.91 Å². The first-order valence-corrected chi connectivity index (χ1v) is 24.2. The quantitative estimate of drug-likeness (QED) is 0.174. The zero-order valence-electron chi connectivity index (χ0n) is 40.0. The number of methoxy groups -OCH3 is 1. The van der Waals surface area contributed by atoms with Gasteiger partial charge in [-0.1, -0.05) is 33.8 Å². The van der Waals surface area contributed by atoms with Crippen LogP contribution in [0.4, 0.5) is 4.79 Å². The lowest BCUT2D eigenvalue weighted by molar-refractivity contribution is -0.155. The fourth-order valence-corrected chi connectivity index (χ4v) is 10.7. The van der Waals surface area contributed by atoms with Crippen LogP contribution in [0.1, 0.15) is 96.0 Å². The van der Waals surface area contributed by atoms with Gasteiger partial charge in [-0.05, 0) is 102 Å². The number of cyclic esters (lactones) is 1. The molecule has 15 nitrogen and oxygen atoms in total. The minimum Gasteiger partial charge on any atom is -0.464 e. The molecule has 1 aromatic carbocycles. The molecule has 2 fully saturated rings. The fourth-order valence-electron chi connectivity index (χ4n) is 9.88. The van der Waals surface area contributed by atoms with Crippen LogP contribution in [-0.2, 0) is 43.2 Å². The van der Waals surface area contributed by atoms with E-state index in [1.165, 1.54) is 21.2 Å². The number of aromatic nitrogens is 3. The lowest BCUT2D eigenvalue weighted by atomic mass is 9.84. The third kappa shape index (κ3) is 10.4. The van der Waals surface area contributed by atoms with E-state index in [0.29, 0.717) is 56.5 Å². The molecule has 0 radical (unpaired) electrons. The van der Waals surface area contributed by atoms with E-state index >= 15 is 0 Å². The summed E-state index contributed by atoms with van der Waals surface area (Å²) in [6.45, 7) is 14.6. The van der Waals surface area contributed by atoms with Gasteiger partial charge in [-0.3, -0.25) is 24.4 Å². The molecule has 6 bridgehead atoms. The molecule has 0 spiro atoms. The number of esters is 1. The number of hydrazine groups is 1. The van der Waals surface area contributed by atoms with Crippen LogP contribution in [0.15, 0.2) is 41.9 Å². The van der Waals surface area contributed by atoms with Crippen molar-refractivity contribution in [3.8, 4) is 22.5 Å². The Balaban J connectivity index is 1.26. The smallest absolute Gasteiger partial charge is 0.324 e. The van der Waals surface area contributed by atoms with E-state index in [2.05, 4.69) is 79.3 Å². The Hall–Kier alpha value is -4.90. The molecule has 0 aliphatic carbocycles. The Labute approximate surface area is 388 Å². The lowest BCUT2D eigenvalue weighted by Gasteiger charge is -2.37. The number of hydrogen-bond acceptors (Lipinski definition) is 11. The van der Waals surface area contributed by atoms with Crippen LogP contribution >= 0.6 is 11.3 Å². The second-order valence-electron chi connectivity index (χ2n) is 19.4. The van der Waals surface area contributed by atoms with Crippen molar-refractivity contribution in [2.45, 2.75) is 123 Å². The molecule has 4 amide bonds. The molecule has 3 aliphatic heterocycles. The summed E-state index contributed by atoms with van der Waals surface area (Å²) in [4.78, 5) is 72.6. The van der Waals surface area contributed by atoms with Crippen LogP contribution in [0, 0.1) is 11.3 Å². The van der Waals surface area contributed by atoms with Gasteiger partial charge in [-0.15, -0.1) is 11.3 Å². The number of carbonyl (C=O) groups is 4. The van der Waals surface area contributed by atoms with Crippen molar-refractivity contribution in [2.24, 2.45) is 11.3 Å². The normalized spacial score (nSPS) is 21.8. The number of nitrogens with one attached hydrogen (secondary N) is 2. The molecule has 7 rings (SSSR count). The molecule has 0 saturated carbocycles. The molecule has 4 aromatic rings. The van der Waals surface area contributed by atoms with Gasteiger partial charge in [-0.25, -0.2) is 15.2 Å². The van der Waals surface area contributed by atoms with Crippen LogP contribution in [0.25, 0.3) is 33.4 Å². The maximum atomic E-state index is 14.7. The van der Waals surface area contributed by atoms with Gasteiger partial charge in [0.05, 0.1) is 34.8 Å². The third-order valence-corrected chi connectivity index (χ3v) is 14.3. The number of pyridine rings is 1. The molecule has 0 unspecified atom stereocenters. The number of hydrogen-bond donors (Lipinski definition) is 2. The summed E-state index contributed by atoms with van der Waals surface area (Å²) >= 11 is 1.44. The summed E-state index contributed by atoms with van der Waals surface area (Å²) < 4.78 is 14.3. The van der Waals surface area contributed by atoms with Gasteiger partial charge in [0.1, 0.15) is 18.1 Å². The Morgan fingerprint density at radius 3 is 2.55 bits per heavy atom. The van der Waals surface area contributed by atoms with E-state index in [9.17, 15) is 19.2 Å². The summed E-state index contributed by atoms with van der Waals surface area (Å²) in [6.07, 6.45) is 6.05. The van der Waals surface area contributed by atoms with Crippen LogP contribution in [0.2, 0.25) is 0 Å². The van der Waals surface area contributed by atoms with Gasteiger partial charge < -0.3 is 34.1 Å². The van der Waals surface area contributed by atoms with Gasteiger partial charge in [0.15, 0.2) is 0 Å². The summed E-state index contributed by atoms with van der Waals surface area (Å²) in [6, 6.07) is 8.03. The van der Waals surface area contributed by atoms with Crippen LogP contribution in [-0.4, -0.2) is 137 Å². The molecule has 65 heavy (non-hydrogen) atoms. The number of amides is 4. The molecule has 3 aliphatic rings. The molecule has 16 heteroatoms. The molecule has 2 saturated heterocycles. The van der Waals surface area contributed by atoms with Crippen molar-refractivity contribution in [1.29, 1.82) is 0 Å². The van der Waals surface area contributed by atoms with Crippen molar-refractivity contribution in [3.05, 3.63) is 58.2 Å². The second-order valence-corrected chi connectivity index (χ2v) is 20.3. The number of nitrogens with zero attached hydrogens (tertiary/aromatic N) is 7. The molecule has 2 N–H and O–H groups in total. The SMILES string of the molecule is CCn1c(-c2cccnc2[C@H](C)OC)c2c3cc(ccc31)-c1csc(n1)C[C@H](NC(=O)[C@H](C(C)C)N(C)C(=O)N1CCC[C@H](N(C)C)CC1)C(=O)N1CCC[C@H](N1)C(=O)OCC(C)(C)C2. The number of rotatable bonds is 9. The Morgan fingerprint density at radius 1 is 1.06 bits per heavy atom. The Morgan fingerprint density at radius 2 is 1.83 bits per heavy atom. The van der Waals surface area contributed by atoms with Crippen LogP contribution < -0.4 is 10.7 Å². The van der Waals surface area contributed by atoms with Gasteiger partial charge in [0.25, 0.3) is 5.91 Å². The van der Waals surface area contributed by atoms with Crippen molar-refractivity contribution in [2.75, 3.05) is 54.5 Å². The number of likely N-dealkylation sites (N-methyl/N-ethyl adjacent to an activating group) is 1. The first-order valence-electron chi connectivity index (χ1n) is 23.3. The Kier molecular flexibility index (Phi) is 15.0. The molecule has 3 aromatic heterocycles. The number of benzene rings is 1. The highest BCUT2D eigenvalue weighted by atomic mass is 32.1. The van der Waals surface area contributed by atoms with Crippen molar-refractivity contribution in [1.82, 2.24) is 45.0 Å². The fraction of sp³-hybridized carbons (Fsp3) is 0.592. The van der Waals surface area contributed by atoms with E-state index in [1.54, 1.807) is 20.4 Å². The number of thiazole rings is 1. The average molecular weight is 912 g/mol. The summed E-state index contributed by atoms with van der Waals surface area (Å²) in [5.74, 6) is -1.49. The molecular weight excluding hydrogens is 843 g/mol. The van der Waals surface area contributed by atoms with E-state index in [0.717, 1.165) is 63.9 Å². The highest BCUT2D eigenvalue weighted by Gasteiger charge is 2.39. The standard InChI is InChI=1S/C49H69N9O6S/c1-11-57-40-19-18-32-25-35(40)36(44(57)34-16-12-21-50-42(34)31(4)63-10)27-49(5,6)29-64-47(61)37-17-14-23-58(53-37)46(60)38(26-41-51-39(32)28-65-41)52-45(59)43(30(2)3)55(9)48(62)56-22-13-15-33(20-24-56)54(7)8/h12,16,18-19,21,25,28,30-31,33,37-38,43,53H,11,13-15,17,20,22-24,26-27,29H2,1-10H3,(H,52,59)/t31-,33-,37-,38-,43-/m0/s1. The van der Waals surface area contributed by atoms with E-state index in [4.69, 9.17) is 19.4 Å². The number of likely N-dealkylation sites (tertiary alicyclic amines) is 1. The maximum absolute atomic E-state index is 14.7. The van der Waals surface area contributed by atoms with Gasteiger partial charge >= 0.3 is 12.0 Å². The molecule has 6 heterocycles. The number of aryl methyl sites for hydroxylation is 1. The predicted octanol–water partition coefficient (Wildman–Crippen LogP) is 6.70. The monoisotopic (exact) mass is 912 g/mol. The predicted molar refractivity (Wildman–Crippen MR) is 254 cm³/mol. The number of carbonyl (C=O) groups excluding carboxylic acids is 4. The largest absolute Gasteiger partial charge is 0.464 e. The first kappa shape index (κ1) is 48.0. The average Bonchev–Trinajstić information content (AvgIpc) is 3.78. The number of ether oxygens (including phenoxy) is 2. The van der Waals surface area contributed by atoms with Gasteiger partial charge in [0, 0.05) is 91.8 Å². The van der Waals surface area contributed by atoms with E-state index < -0.39 is 35.4 Å². The highest BCUT2D eigenvalue weighted by Crippen LogP contribution is 2.42. The number of urea groups is 1.